The zero-order valence-corrected chi connectivity index (χ0v) is 12.4. The summed E-state index contributed by atoms with van der Waals surface area (Å²) < 4.78 is 11.1. The Morgan fingerprint density at radius 2 is 2.24 bits per heavy atom. The Hall–Kier alpha value is -1.86. The van der Waals surface area contributed by atoms with Crippen LogP contribution in [0.5, 0.6) is 0 Å². The van der Waals surface area contributed by atoms with Gasteiger partial charge in [-0.3, -0.25) is 4.98 Å². The summed E-state index contributed by atoms with van der Waals surface area (Å²) in [5, 5.41) is 3.96. The standard InChI is InChI=1S/C14H19N5O2/c1-4-20-10-7-14(15,13(10,2)3)12-18-11(19-21-12)9-8-16-5-6-17-9/h5-6,8,10H,4,7,15H2,1-3H3. The molecule has 1 aliphatic rings. The van der Waals surface area contributed by atoms with E-state index in [0.29, 0.717) is 30.4 Å². The van der Waals surface area contributed by atoms with Crippen molar-refractivity contribution in [3.05, 3.63) is 24.5 Å². The third-order valence-corrected chi connectivity index (χ3v) is 4.43. The highest BCUT2D eigenvalue weighted by molar-refractivity contribution is 5.46. The summed E-state index contributed by atoms with van der Waals surface area (Å²) in [5.41, 5.74) is 6.12. The number of nitrogens with zero attached hydrogens (tertiary/aromatic N) is 4. The minimum Gasteiger partial charge on any atom is -0.378 e. The van der Waals surface area contributed by atoms with Gasteiger partial charge in [0.05, 0.1) is 12.3 Å². The van der Waals surface area contributed by atoms with Gasteiger partial charge in [0.1, 0.15) is 11.2 Å². The van der Waals surface area contributed by atoms with Crippen molar-refractivity contribution in [3.63, 3.8) is 0 Å². The van der Waals surface area contributed by atoms with Crippen molar-refractivity contribution in [1.82, 2.24) is 20.1 Å². The van der Waals surface area contributed by atoms with Gasteiger partial charge >= 0.3 is 0 Å². The Bertz CT molecular complexity index is 627. The van der Waals surface area contributed by atoms with Gasteiger partial charge in [-0.05, 0) is 6.92 Å². The Morgan fingerprint density at radius 3 is 2.86 bits per heavy atom. The Balaban J connectivity index is 1.87. The average molecular weight is 289 g/mol. The molecule has 2 atom stereocenters. The van der Waals surface area contributed by atoms with Crippen molar-refractivity contribution in [3.8, 4) is 11.5 Å². The predicted octanol–water partition coefficient (Wildman–Crippen LogP) is 1.52. The molecule has 2 heterocycles. The molecular weight excluding hydrogens is 270 g/mol. The molecular formula is C14H19N5O2. The fraction of sp³-hybridized carbons (Fsp3) is 0.571. The average Bonchev–Trinajstić information content (AvgIpc) is 2.98. The van der Waals surface area contributed by atoms with Crippen LogP contribution in [-0.4, -0.2) is 32.8 Å². The summed E-state index contributed by atoms with van der Waals surface area (Å²) in [6, 6.07) is 0. The smallest absolute Gasteiger partial charge is 0.247 e. The van der Waals surface area contributed by atoms with E-state index in [0.717, 1.165) is 0 Å². The van der Waals surface area contributed by atoms with E-state index in [1.807, 2.05) is 6.92 Å². The van der Waals surface area contributed by atoms with Crippen molar-refractivity contribution in [1.29, 1.82) is 0 Å². The third-order valence-electron chi connectivity index (χ3n) is 4.43. The molecule has 0 radical (unpaired) electrons. The van der Waals surface area contributed by atoms with Gasteiger partial charge in [0, 0.05) is 30.8 Å². The van der Waals surface area contributed by atoms with E-state index < -0.39 is 5.54 Å². The third kappa shape index (κ3) is 2.04. The fourth-order valence-corrected chi connectivity index (χ4v) is 2.72. The molecule has 2 unspecified atom stereocenters. The number of aromatic nitrogens is 4. The van der Waals surface area contributed by atoms with Crippen LogP contribution in [0.15, 0.2) is 23.1 Å². The van der Waals surface area contributed by atoms with Gasteiger partial charge in [-0.1, -0.05) is 19.0 Å². The van der Waals surface area contributed by atoms with E-state index in [4.69, 9.17) is 15.0 Å². The topological polar surface area (TPSA) is 100.0 Å². The van der Waals surface area contributed by atoms with Crippen molar-refractivity contribution in [2.45, 2.75) is 38.8 Å². The molecule has 0 bridgehead atoms. The second-order valence-electron chi connectivity index (χ2n) is 5.85. The van der Waals surface area contributed by atoms with E-state index >= 15 is 0 Å². The molecule has 2 aromatic heterocycles. The van der Waals surface area contributed by atoms with Crippen LogP contribution in [0.2, 0.25) is 0 Å². The Morgan fingerprint density at radius 1 is 1.43 bits per heavy atom. The monoisotopic (exact) mass is 289 g/mol. The van der Waals surface area contributed by atoms with Crippen LogP contribution >= 0.6 is 0 Å². The summed E-state index contributed by atoms with van der Waals surface area (Å²) in [6.07, 6.45) is 5.53. The van der Waals surface area contributed by atoms with Crippen LogP contribution in [-0.2, 0) is 10.3 Å². The maximum absolute atomic E-state index is 6.50. The van der Waals surface area contributed by atoms with Crippen LogP contribution in [0, 0.1) is 5.41 Å². The summed E-state index contributed by atoms with van der Waals surface area (Å²) in [7, 11) is 0. The summed E-state index contributed by atoms with van der Waals surface area (Å²) in [4.78, 5) is 12.6. The lowest BCUT2D eigenvalue weighted by molar-refractivity contribution is -0.162. The van der Waals surface area contributed by atoms with Crippen LogP contribution < -0.4 is 5.73 Å². The van der Waals surface area contributed by atoms with Gasteiger partial charge in [-0.2, -0.15) is 4.98 Å². The molecule has 0 aromatic carbocycles. The minimum atomic E-state index is -0.680. The lowest BCUT2D eigenvalue weighted by Gasteiger charge is -2.56. The summed E-state index contributed by atoms with van der Waals surface area (Å²) in [5.74, 6) is 0.822. The van der Waals surface area contributed by atoms with Crippen molar-refractivity contribution in [2.75, 3.05) is 6.61 Å². The lowest BCUT2D eigenvalue weighted by Crippen LogP contribution is -2.67. The SMILES string of the molecule is CCOC1CC(N)(c2nc(-c3cnccn3)no2)C1(C)C. The highest BCUT2D eigenvalue weighted by atomic mass is 16.5. The number of ether oxygens (including phenoxy) is 1. The molecule has 7 heteroatoms. The van der Waals surface area contributed by atoms with Crippen LogP contribution in [0.3, 0.4) is 0 Å². The summed E-state index contributed by atoms with van der Waals surface area (Å²) >= 11 is 0. The molecule has 112 valence electrons. The molecule has 21 heavy (non-hydrogen) atoms. The maximum Gasteiger partial charge on any atom is 0.247 e. The highest BCUT2D eigenvalue weighted by Crippen LogP contribution is 2.55. The van der Waals surface area contributed by atoms with Crippen molar-refractivity contribution in [2.24, 2.45) is 11.1 Å². The van der Waals surface area contributed by atoms with Crippen molar-refractivity contribution >= 4 is 0 Å². The van der Waals surface area contributed by atoms with Gasteiger partial charge < -0.3 is 15.0 Å². The van der Waals surface area contributed by atoms with Gasteiger partial charge in [-0.25, -0.2) is 4.98 Å². The highest BCUT2D eigenvalue weighted by Gasteiger charge is 2.62. The van der Waals surface area contributed by atoms with Gasteiger partial charge in [-0.15, -0.1) is 0 Å². The normalized spacial score (nSPS) is 27.3. The molecule has 1 aliphatic carbocycles. The van der Waals surface area contributed by atoms with E-state index in [1.165, 1.54) is 0 Å². The second-order valence-corrected chi connectivity index (χ2v) is 5.85. The Labute approximate surface area is 122 Å². The first-order chi connectivity index (χ1) is 9.99. The summed E-state index contributed by atoms with van der Waals surface area (Å²) in [6.45, 7) is 6.76. The molecule has 0 spiro atoms. The zero-order valence-electron chi connectivity index (χ0n) is 12.4. The lowest BCUT2D eigenvalue weighted by atomic mass is 9.54. The number of hydrogen-bond acceptors (Lipinski definition) is 7. The van der Waals surface area contributed by atoms with E-state index in [1.54, 1.807) is 18.6 Å². The van der Waals surface area contributed by atoms with Gasteiger partial charge in [0.2, 0.25) is 11.7 Å². The molecule has 1 fully saturated rings. The van der Waals surface area contributed by atoms with Gasteiger partial charge in [0.25, 0.3) is 0 Å². The number of hydrogen-bond donors (Lipinski definition) is 1. The number of nitrogens with two attached hydrogens (primary N) is 1. The van der Waals surface area contributed by atoms with E-state index in [2.05, 4.69) is 34.0 Å². The van der Waals surface area contributed by atoms with E-state index in [9.17, 15) is 0 Å². The second kappa shape index (κ2) is 4.85. The quantitative estimate of drug-likeness (QED) is 0.910. The molecule has 0 saturated heterocycles. The molecule has 0 amide bonds. The first kappa shape index (κ1) is 14.1. The van der Waals surface area contributed by atoms with E-state index in [-0.39, 0.29) is 11.5 Å². The van der Waals surface area contributed by atoms with Crippen LogP contribution in [0.25, 0.3) is 11.5 Å². The molecule has 2 N–H and O–H groups in total. The zero-order chi connectivity index (χ0) is 15.1. The van der Waals surface area contributed by atoms with Crippen LogP contribution in [0.1, 0.15) is 33.1 Å². The maximum atomic E-state index is 6.50. The fourth-order valence-electron chi connectivity index (χ4n) is 2.72. The first-order valence-corrected chi connectivity index (χ1v) is 7.00. The molecule has 3 rings (SSSR count). The largest absolute Gasteiger partial charge is 0.378 e. The first-order valence-electron chi connectivity index (χ1n) is 7.00. The minimum absolute atomic E-state index is 0.0966. The molecule has 7 nitrogen and oxygen atoms in total. The molecule has 2 aromatic rings. The van der Waals surface area contributed by atoms with Gasteiger partial charge in [0.15, 0.2) is 0 Å². The predicted molar refractivity (Wildman–Crippen MR) is 75.0 cm³/mol. The molecule has 0 aliphatic heterocycles. The van der Waals surface area contributed by atoms with Crippen LogP contribution in [0.4, 0.5) is 0 Å². The Kier molecular flexibility index (Phi) is 3.26. The van der Waals surface area contributed by atoms with Crippen molar-refractivity contribution < 1.29 is 9.26 Å². The molecule has 1 saturated carbocycles. The number of rotatable bonds is 4.